The number of nitrogens with zero attached hydrogens (tertiary/aromatic N) is 4. The van der Waals surface area contributed by atoms with E-state index in [1.165, 1.54) is 6.07 Å². The monoisotopic (exact) mass is 596 g/mol. The topological polar surface area (TPSA) is 82.0 Å². The molecule has 4 aromatic rings. The summed E-state index contributed by atoms with van der Waals surface area (Å²) in [5.74, 6) is 3.14. The van der Waals surface area contributed by atoms with Crippen molar-refractivity contribution in [1.82, 2.24) is 14.9 Å². The van der Waals surface area contributed by atoms with Gasteiger partial charge in [-0.2, -0.15) is 9.97 Å². The summed E-state index contributed by atoms with van der Waals surface area (Å²) >= 11 is 0. The molecule has 4 aliphatic rings. The molecule has 3 aliphatic heterocycles. The van der Waals surface area contributed by atoms with Crippen LogP contribution in [0.3, 0.4) is 0 Å². The number of aliphatic hydroxyl groups is 1. The number of aromatic nitrogens is 2. The minimum atomic E-state index is -0.896. The van der Waals surface area contributed by atoms with Gasteiger partial charge in [0, 0.05) is 53.9 Å². The van der Waals surface area contributed by atoms with Gasteiger partial charge in [-0.25, -0.2) is 8.78 Å². The second-order valence-electron chi connectivity index (χ2n) is 13.1. The minimum Gasteiger partial charge on any atom is -0.508 e. The van der Waals surface area contributed by atoms with Gasteiger partial charge in [0.25, 0.3) is 0 Å². The molecular weight excluding hydrogens is 562 g/mol. The van der Waals surface area contributed by atoms with Crippen LogP contribution in [0.2, 0.25) is 0 Å². The van der Waals surface area contributed by atoms with Gasteiger partial charge >= 0.3 is 6.01 Å². The summed E-state index contributed by atoms with van der Waals surface area (Å²) in [4.78, 5) is 13.7. The number of hydrogen-bond acceptors (Lipinski definition) is 7. The summed E-state index contributed by atoms with van der Waals surface area (Å²) in [5, 5.41) is 23.1. The highest BCUT2D eigenvalue weighted by Gasteiger charge is 2.49. The summed E-state index contributed by atoms with van der Waals surface area (Å²) in [6.07, 6.45) is 8.51. The zero-order valence-corrected chi connectivity index (χ0v) is 24.3. The first-order chi connectivity index (χ1) is 21.3. The molecular formula is C35H34F2N4O3. The van der Waals surface area contributed by atoms with E-state index in [2.05, 4.69) is 20.7 Å². The average Bonchev–Trinajstić information content (AvgIpc) is 3.63. The molecule has 3 aromatic carbocycles. The molecule has 9 heteroatoms. The molecule has 0 spiro atoms. The summed E-state index contributed by atoms with van der Waals surface area (Å²) in [5.41, 5.74) is 1.01. The van der Waals surface area contributed by atoms with E-state index < -0.39 is 17.5 Å². The maximum atomic E-state index is 16.8. The number of hydrogen-bond donors (Lipinski definition) is 2. The number of rotatable bonds is 5. The number of phenols is 1. The number of alkyl halides is 1. The van der Waals surface area contributed by atoms with Gasteiger partial charge in [-0.15, -0.1) is 6.42 Å². The van der Waals surface area contributed by atoms with Crippen molar-refractivity contribution >= 4 is 27.5 Å². The molecule has 1 aromatic heterocycles. The fourth-order valence-corrected chi connectivity index (χ4v) is 8.43. The van der Waals surface area contributed by atoms with Crippen molar-refractivity contribution in [2.24, 2.45) is 11.8 Å². The Hall–Kier alpha value is -4.00. The summed E-state index contributed by atoms with van der Waals surface area (Å²) in [7, 11) is 0. The molecule has 8 rings (SSSR count). The third kappa shape index (κ3) is 4.38. The van der Waals surface area contributed by atoms with E-state index in [0.717, 1.165) is 32.2 Å². The molecule has 7 nitrogen and oxygen atoms in total. The fraction of sp³-hybridized carbons (Fsp3) is 0.429. The van der Waals surface area contributed by atoms with E-state index in [4.69, 9.17) is 16.1 Å². The van der Waals surface area contributed by atoms with Crippen molar-refractivity contribution < 1.29 is 23.7 Å². The van der Waals surface area contributed by atoms with Crippen molar-refractivity contribution in [3.05, 3.63) is 53.8 Å². The number of phenolic OH excluding ortho intramolecular Hbond substituents is 1. The number of halogens is 2. The Morgan fingerprint density at radius 1 is 1.09 bits per heavy atom. The lowest BCUT2D eigenvalue weighted by Crippen LogP contribution is -2.43. The molecule has 2 bridgehead atoms. The van der Waals surface area contributed by atoms with Crippen LogP contribution in [-0.4, -0.2) is 75.7 Å². The van der Waals surface area contributed by atoms with Crippen LogP contribution in [0.15, 0.2) is 42.5 Å². The van der Waals surface area contributed by atoms with Gasteiger partial charge in [0.1, 0.15) is 29.9 Å². The Morgan fingerprint density at radius 3 is 2.82 bits per heavy atom. The van der Waals surface area contributed by atoms with E-state index in [9.17, 15) is 14.6 Å². The maximum absolute atomic E-state index is 16.8. The van der Waals surface area contributed by atoms with Crippen LogP contribution in [0, 0.1) is 30.0 Å². The predicted octanol–water partition coefficient (Wildman–Crippen LogP) is 5.44. The van der Waals surface area contributed by atoms with Gasteiger partial charge < -0.3 is 19.8 Å². The fourth-order valence-electron chi connectivity index (χ4n) is 8.43. The number of benzene rings is 3. The lowest BCUT2D eigenvalue weighted by molar-refractivity contribution is 0.107. The number of piperidine rings is 1. The summed E-state index contributed by atoms with van der Waals surface area (Å²) in [6, 6.07) is 12.1. The zero-order valence-electron chi connectivity index (χ0n) is 24.3. The molecule has 2 N–H and O–H groups in total. The number of fused-ring (bicyclic) bond motifs is 5. The first-order valence-corrected chi connectivity index (χ1v) is 15.5. The Balaban J connectivity index is 1.27. The number of terminal acetylenes is 1. The van der Waals surface area contributed by atoms with E-state index in [1.807, 2.05) is 18.2 Å². The smallest absolute Gasteiger partial charge is 0.319 e. The average molecular weight is 597 g/mol. The normalized spacial score (nSPS) is 28.1. The van der Waals surface area contributed by atoms with E-state index in [1.54, 1.807) is 18.2 Å². The van der Waals surface area contributed by atoms with Crippen LogP contribution in [0.1, 0.15) is 37.7 Å². The second-order valence-corrected chi connectivity index (χ2v) is 13.1. The molecule has 3 saturated heterocycles. The van der Waals surface area contributed by atoms with E-state index in [0.29, 0.717) is 65.1 Å². The number of aliphatic hydroxyl groups excluding tert-OH is 1. The SMILES string of the molecule is C#Cc1cccc2cc(O)cc(-c3ccc4c(N5C[C@@H]6C[C@H](C5)[C@H](O)C6)nc(OC[C@@]56CCCN5C[C@H](F)C6)nc4c3F)c12. The third-order valence-corrected chi connectivity index (χ3v) is 10.4. The molecule has 1 saturated carbocycles. The molecule has 5 atom stereocenters. The highest BCUT2D eigenvalue weighted by molar-refractivity contribution is 6.04. The molecule has 44 heavy (non-hydrogen) atoms. The van der Waals surface area contributed by atoms with Gasteiger partial charge in [0.2, 0.25) is 0 Å². The van der Waals surface area contributed by atoms with Crippen molar-refractivity contribution in [2.75, 3.05) is 37.7 Å². The molecule has 226 valence electrons. The zero-order chi connectivity index (χ0) is 30.2. The highest BCUT2D eigenvalue weighted by Crippen LogP contribution is 2.44. The third-order valence-electron chi connectivity index (χ3n) is 10.4. The van der Waals surface area contributed by atoms with Crippen molar-refractivity contribution in [3.63, 3.8) is 0 Å². The van der Waals surface area contributed by atoms with Crippen LogP contribution in [0.25, 0.3) is 32.8 Å². The van der Waals surface area contributed by atoms with Gasteiger partial charge in [0.05, 0.1) is 11.6 Å². The van der Waals surface area contributed by atoms with Crippen LogP contribution in [0.5, 0.6) is 11.8 Å². The van der Waals surface area contributed by atoms with Crippen molar-refractivity contribution in [2.45, 2.75) is 49.9 Å². The van der Waals surface area contributed by atoms with Gasteiger partial charge in [-0.1, -0.05) is 24.1 Å². The van der Waals surface area contributed by atoms with Crippen LogP contribution in [0.4, 0.5) is 14.6 Å². The number of anilines is 1. The molecule has 1 aliphatic carbocycles. The van der Waals surface area contributed by atoms with Crippen LogP contribution < -0.4 is 9.64 Å². The van der Waals surface area contributed by atoms with Crippen LogP contribution >= 0.6 is 0 Å². The largest absolute Gasteiger partial charge is 0.508 e. The van der Waals surface area contributed by atoms with Crippen LogP contribution in [-0.2, 0) is 0 Å². The Labute approximate surface area is 254 Å². The van der Waals surface area contributed by atoms with Crippen molar-refractivity contribution in [3.8, 4) is 35.2 Å². The Bertz CT molecular complexity index is 1840. The standard InChI is InChI=1S/C35H34F2N4O3/c1-2-21-5-3-6-22-13-25(42)14-28(30(21)22)26-7-8-27-32(31(26)37)38-34(44-19-35-9-4-10-41(35)18-24(36)15-35)39-33(27)40-16-20-11-23(17-40)29(43)12-20/h1,3,5-8,13-14,20,23-24,29,42-43H,4,9-12,15-19H2/t20-,23-,24-,29-,35+/m1/s1. The molecule has 0 unspecified atom stereocenters. The van der Waals surface area contributed by atoms with Crippen molar-refractivity contribution in [1.29, 1.82) is 0 Å². The minimum absolute atomic E-state index is 0.000906. The predicted molar refractivity (Wildman–Crippen MR) is 165 cm³/mol. The summed E-state index contributed by atoms with van der Waals surface area (Å²) in [6.45, 7) is 2.78. The molecule has 0 radical (unpaired) electrons. The van der Waals surface area contributed by atoms with Gasteiger partial charge in [0.15, 0.2) is 5.82 Å². The Morgan fingerprint density at radius 2 is 1.98 bits per heavy atom. The lowest BCUT2D eigenvalue weighted by Gasteiger charge is -2.34. The first-order valence-electron chi connectivity index (χ1n) is 15.5. The maximum Gasteiger partial charge on any atom is 0.319 e. The summed E-state index contributed by atoms with van der Waals surface area (Å²) < 4.78 is 37.5. The van der Waals surface area contributed by atoms with Gasteiger partial charge in [-0.05, 0) is 73.4 Å². The first kappa shape index (κ1) is 27.5. The number of aromatic hydroxyl groups is 1. The quantitative estimate of drug-likeness (QED) is 0.297. The van der Waals surface area contributed by atoms with E-state index >= 15 is 4.39 Å². The highest BCUT2D eigenvalue weighted by atomic mass is 19.1. The number of ether oxygens (including phenoxy) is 1. The molecule has 0 amide bonds. The lowest BCUT2D eigenvalue weighted by atomic mass is 9.93. The second kappa shape index (κ2) is 10.3. The molecule has 4 heterocycles. The molecule has 4 fully saturated rings. The Kier molecular flexibility index (Phi) is 6.44. The van der Waals surface area contributed by atoms with E-state index in [-0.39, 0.29) is 41.5 Å². The van der Waals surface area contributed by atoms with Gasteiger partial charge in [-0.3, -0.25) is 4.90 Å².